The first-order chi connectivity index (χ1) is 12.5. The molecule has 0 aliphatic carbocycles. The Morgan fingerprint density at radius 1 is 1.04 bits per heavy atom. The number of hydrogen-bond acceptors (Lipinski definition) is 3. The van der Waals surface area contributed by atoms with E-state index in [0.29, 0.717) is 22.7 Å². The van der Waals surface area contributed by atoms with Gasteiger partial charge in [-0.1, -0.05) is 18.2 Å². The van der Waals surface area contributed by atoms with E-state index in [2.05, 4.69) is 14.9 Å². The molecule has 0 bridgehead atoms. The first kappa shape index (κ1) is 16.1. The maximum atomic E-state index is 12.8. The average molecular weight is 345 g/mol. The number of amides is 1. The second-order valence-electron chi connectivity index (χ2n) is 6.33. The Hall–Kier alpha value is -3.34. The van der Waals surface area contributed by atoms with Crippen LogP contribution in [0.4, 0.5) is 5.69 Å². The molecule has 4 rings (SSSR count). The van der Waals surface area contributed by atoms with Crippen LogP contribution in [0, 0.1) is 20.8 Å². The summed E-state index contributed by atoms with van der Waals surface area (Å²) in [5, 5.41) is 2.95. The number of nitrogens with zero attached hydrogens (tertiary/aromatic N) is 2. The molecule has 0 aliphatic heterocycles. The van der Waals surface area contributed by atoms with Crippen molar-refractivity contribution in [2.24, 2.45) is 0 Å². The zero-order valence-electron chi connectivity index (χ0n) is 14.9. The summed E-state index contributed by atoms with van der Waals surface area (Å²) >= 11 is 0. The highest BCUT2D eigenvalue weighted by Crippen LogP contribution is 2.23. The van der Waals surface area contributed by atoms with Crippen molar-refractivity contribution in [2.45, 2.75) is 20.8 Å². The molecule has 130 valence electrons. The van der Waals surface area contributed by atoms with Crippen molar-refractivity contribution in [3.63, 3.8) is 0 Å². The lowest BCUT2D eigenvalue weighted by Crippen LogP contribution is -2.13. The van der Waals surface area contributed by atoms with Crippen molar-refractivity contribution >= 4 is 22.7 Å². The van der Waals surface area contributed by atoms with Crippen LogP contribution in [-0.2, 0) is 0 Å². The summed E-state index contributed by atoms with van der Waals surface area (Å²) in [5.74, 6) is 0.464. The minimum atomic E-state index is -0.143. The van der Waals surface area contributed by atoms with Crippen LogP contribution in [0.15, 0.2) is 59.0 Å². The lowest BCUT2D eigenvalue weighted by atomic mass is 10.2. The van der Waals surface area contributed by atoms with E-state index in [9.17, 15) is 4.79 Å². The van der Waals surface area contributed by atoms with Gasteiger partial charge in [-0.3, -0.25) is 4.79 Å². The highest BCUT2D eigenvalue weighted by atomic mass is 16.3. The predicted octanol–water partition coefficient (Wildman–Crippen LogP) is 4.80. The molecule has 1 amide bonds. The molecule has 26 heavy (non-hydrogen) atoms. The summed E-state index contributed by atoms with van der Waals surface area (Å²) in [6, 6.07) is 17.4. The molecule has 2 aromatic carbocycles. The zero-order valence-corrected chi connectivity index (χ0v) is 14.9. The van der Waals surface area contributed by atoms with E-state index in [1.807, 2.05) is 62.4 Å². The fourth-order valence-electron chi connectivity index (χ4n) is 3.28. The van der Waals surface area contributed by atoms with Gasteiger partial charge in [0.05, 0.1) is 5.56 Å². The molecule has 0 saturated carbocycles. The van der Waals surface area contributed by atoms with Gasteiger partial charge in [-0.15, -0.1) is 0 Å². The maximum Gasteiger partial charge on any atom is 0.257 e. The summed E-state index contributed by atoms with van der Waals surface area (Å²) in [6.07, 6.45) is 0. The van der Waals surface area contributed by atoms with Crippen molar-refractivity contribution < 1.29 is 9.21 Å². The van der Waals surface area contributed by atoms with E-state index in [1.165, 1.54) is 0 Å². The highest BCUT2D eigenvalue weighted by Gasteiger charge is 2.17. The fourth-order valence-corrected chi connectivity index (χ4v) is 3.28. The molecule has 0 saturated heterocycles. The van der Waals surface area contributed by atoms with Gasteiger partial charge in [-0.25, -0.2) is 4.98 Å². The number of aryl methyl sites for hydroxylation is 2. The van der Waals surface area contributed by atoms with Crippen LogP contribution in [0.3, 0.4) is 0 Å². The topological polar surface area (TPSA) is 60.1 Å². The van der Waals surface area contributed by atoms with Gasteiger partial charge in [0.2, 0.25) is 0 Å². The van der Waals surface area contributed by atoms with Gasteiger partial charge in [-0.2, -0.15) is 0 Å². The van der Waals surface area contributed by atoms with Gasteiger partial charge in [0.1, 0.15) is 5.52 Å². The first-order valence-corrected chi connectivity index (χ1v) is 8.46. The molecule has 0 unspecified atom stereocenters. The van der Waals surface area contributed by atoms with Crippen molar-refractivity contribution in [2.75, 3.05) is 5.32 Å². The predicted molar refractivity (Wildman–Crippen MR) is 102 cm³/mol. The summed E-state index contributed by atoms with van der Waals surface area (Å²) in [5.41, 5.74) is 5.74. The van der Waals surface area contributed by atoms with Crippen molar-refractivity contribution in [3.05, 3.63) is 77.4 Å². The molecule has 2 aromatic heterocycles. The number of anilines is 1. The SMILES string of the molecule is Cc1nc2ccc(NC(=O)c3cc(C)n(-c4ccccc4)c3C)cc2o1. The number of benzene rings is 2. The zero-order chi connectivity index (χ0) is 18.3. The van der Waals surface area contributed by atoms with Crippen LogP contribution >= 0.6 is 0 Å². The number of aromatic nitrogens is 2. The van der Waals surface area contributed by atoms with E-state index < -0.39 is 0 Å². The average Bonchev–Trinajstić information content (AvgIpc) is 3.13. The molecule has 0 spiro atoms. The minimum absolute atomic E-state index is 0.143. The molecular formula is C21H19N3O2. The summed E-state index contributed by atoms with van der Waals surface area (Å²) < 4.78 is 7.62. The van der Waals surface area contributed by atoms with E-state index in [1.54, 1.807) is 13.0 Å². The Morgan fingerprint density at radius 3 is 2.58 bits per heavy atom. The highest BCUT2D eigenvalue weighted by molar-refractivity contribution is 6.06. The molecule has 1 N–H and O–H groups in total. The fraction of sp³-hybridized carbons (Fsp3) is 0.143. The third kappa shape index (κ3) is 2.77. The molecule has 5 heteroatoms. The van der Waals surface area contributed by atoms with Crippen LogP contribution in [0.1, 0.15) is 27.6 Å². The van der Waals surface area contributed by atoms with Gasteiger partial charge < -0.3 is 14.3 Å². The van der Waals surface area contributed by atoms with E-state index in [0.717, 1.165) is 22.6 Å². The van der Waals surface area contributed by atoms with Crippen molar-refractivity contribution in [1.29, 1.82) is 0 Å². The van der Waals surface area contributed by atoms with E-state index in [-0.39, 0.29) is 5.91 Å². The third-order valence-corrected chi connectivity index (χ3v) is 4.44. The quantitative estimate of drug-likeness (QED) is 0.580. The van der Waals surface area contributed by atoms with Crippen molar-refractivity contribution in [3.8, 4) is 5.69 Å². The molecule has 5 nitrogen and oxygen atoms in total. The number of nitrogens with one attached hydrogen (secondary N) is 1. The van der Waals surface area contributed by atoms with Crippen LogP contribution in [0.2, 0.25) is 0 Å². The second-order valence-corrected chi connectivity index (χ2v) is 6.33. The largest absolute Gasteiger partial charge is 0.441 e. The van der Waals surface area contributed by atoms with Crippen molar-refractivity contribution in [1.82, 2.24) is 9.55 Å². The number of hydrogen-bond donors (Lipinski definition) is 1. The molecule has 4 aromatic rings. The molecule has 0 radical (unpaired) electrons. The Kier molecular flexibility index (Phi) is 3.84. The van der Waals surface area contributed by atoms with Gasteiger partial charge >= 0.3 is 0 Å². The third-order valence-electron chi connectivity index (χ3n) is 4.44. The smallest absolute Gasteiger partial charge is 0.257 e. The van der Waals surface area contributed by atoms with Crippen LogP contribution in [0.25, 0.3) is 16.8 Å². The Bertz CT molecular complexity index is 1110. The van der Waals surface area contributed by atoms with E-state index in [4.69, 9.17) is 4.42 Å². The minimum Gasteiger partial charge on any atom is -0.441 e. The van der Waals surface area contributed by atoms with Gasteiger partial charge in [0.25, 0.3) is 5.91 Å². The summed E-state index contributed by atoms with van der Waals surface area (Å²) in [7, 11) is 0. The standard InChI is InChI=1S/C21H19N3O2/c1-13-11-18(14(2)24(13)17-7-5-4-6-8-17)21(25)23-16-9-10-19-20(12-16)26-15(3)22-19/h4-12H,1-3H3,(H,23,25). The molecule has 0 aliphatic rings. The van der Waals surface area contributed by atoms with Crippen LogP contribution in [0.5, 0.6) is 0 Å². The second kappa shape index (κ2) is 6.19. The molecule has 0 fully saturated rings. The van der Waals surface area contributed by atoms with Gasteiger partial charge in [0, 0.05) is 35.8 Å². The number of fused-ring (bicyclic) bond motifs is 1. The Labute approximate surface area is 151 Å². The lowest BCUT2D eigenvalue weighted by Gasteiger charge is -2.10. The summed E-state index contributed by atoms with van der Waals surface area (Å²) in [4.78, 5) is 17.1. The molecule has 2 heterocycles. The van der Waals surface area contributed by atoms with Gasteiger partial charge in [-0.05, 0) is 44.2 Å². The number of para-hydroxylation sites is 1. The van der Waals surface area contributed by atoms with E-state index >= 15 is 0 Å². The number of oxazole rings is 1. The lowest BCUT2D eigenvalue weighted by molar-refractivity contribution is 0.102. The summed E-state index contributed by atoms with van der Waals surface area (Å²) in [6.45, 7) is 5.76. The first-order valence-electron chi connectivity index (χ1n) is 8.46. The number of carbonyl (C=O) groups excluding carboxylic acids is 1. The molecule has 0 atom stereocenters. The monoisotopic (exact) mass is 345 g/mol. The number of rotatable bonds is 3. The van der Waals surface area contributed by atoms with Gasteiger partial charge in [0.15, 0.2) is 11.5 Å². The molecular weight excluding hydrogens is 326 g/mol. The van der Waals surface area contributed by atoms with Crippen LogP contribution in [-0.4, -0.2) is 15.5 Å². The Morgan fingerprint density at radius 2 is 1.81 bits per heavy atom. The number of carbonyl (C=O) groups is 1. The van der Waals surface area contributed by atoms with Crippen LogP contribution < -0.4 is 5.32 Å². The Balaban J connectivity index is 1.65. The maximum absolute atomic E-state index is 12.8. The normalized spacial score (nSPS) is 11.0.